The lowest BCUT2D eigenvalue weighted by atomic mass is 9.99. The van der Waals surface area contributed by atoms with Crippen LogP contribution in [0.15, 0.2) is 0 Å². The summed E-state index contributed by atoms with van der Waals surface area (Å²) in [5.41, 5.74) is 2.71. The number of halogens is 3. The summed E-state index contributed by atoms with van der Waals surface area (Å²) in [7, 11) is 0. The zero-order chi connectivity index (χ0) is 11.8. The molecule has 2 saturated carbocycles. The molecule has 5 heteroatoms. The van der Waals surface area contributed by atoms with Crippen molar-refractivity contribution in [3.63, 3.8) is 0 Å². The molecule has 2 rings (SSSR count). The van der Waals surface area contributed by atoms with Gasteiger partial charge in [0.2, 0.25) is 0 Å². The number of fused-ring (bicyclic) bond motifs is 1. The van der Waals surface area contributed by atoms with Crippen molar-refractivity contribution in [1.29, 1.82) is 0 Å². The highest BCUT2D eigenvalue weighted by molar-refractivity contribution is 5.05. The number of hydrogen-bond acceptors (Lipinski definition) is 2. The summed E-state index contributed by atoms with van der Waals surface area (Å²) in [6, 6.07) is 0.0950. The standard InChI is InChI=1S/C11H19F3N2/c12-11(13,14)6-2-5-9(16-15)10-7-3-1-4-8(7)10/h7-10,16H,1-6,15H2. The summed E-state index contributed by atoms with van der Waals surface area (Å²) in [6.07, 6.45) is -0.209. The van der Waals surface area contributed by atoms with Gasteiger partial charge in [0, 0.05) is 12.5 Å². The highest BCUT2D eigenvalue weighted by atomic mass is 19.4. The van der Waals surface area contributed by atoms with Crippen molar-refractivity contribution in [1.82, 2.24) is 5.43 Å². The Kier molecular flexibility index (Phi) is 3.45. The van der Waals surface area contributed by atoms with Crippen LogP contribution in [-0.4, -0.2) is 12.2 Å². The minimum Gasteiger partial charge on any atom is -0.271 e. The average molecular weight is 236 g/mol. The van der Waals surface area contributed by atoms with Gasteiger partial charge in [0.1, 0.15) is 0 Å². The Morgan fingerprint density at radius 3 is 2.38 bits per heavy atom. The van der Waals surface area contributed by atoms with Crippen LogP contribution in [0.2, 0.25) is 0 Å². The SMILES string of the molecule is NNC(CCCC(F)(F)F)C1C2CCCC21. The van der Waals surface area contributed by atoms with E-state index in [1.807, 2.05) is 0 Å². The van der Waals surface area contributed by atoms with E-state index in [0.29, 0.717) is 12.3 Å². The van der Waals surface area contributed by atoms with Crippen LogP contribution in [0, 0.1) is 17.8 Å². The van der Waals surface area contributed by atoms with Crippen molar-refractivity contribution in [3.05, 3.63) is 0 Å². The molecule has 2 fully saturated rings. The van der Waals surface area contributed by atoms with E-state index in [0.717, 1.165) is 11.8 Å². The first-order valence-electron chi connectivity index (χ1n) is 6.06. The largest absolute Gasteiger partial charge is 0.389 e. The Balaban J connectivity index is 1.71. The minimum absolute atomic E-state index is 0.0950. The molecule has 0 amide bonds. The summed E-state index contributed by atoms with van der Waals surface area (Å²) < 4.78 is 36.0. The molecule has 0 bridgehead atoms. The number of nitrogens with one attached hydrogen (secondary N) is 1. The van der Waals surface area contributed by atoms with Crippen molar-refractivity contribution in [3.8, 4) is 0 Å². The second kappa shape index (κ2) is 4.53. The van der Waals surface area contributed by atoms with Gasteiger partial charge < -0.3 is 0 Å². The maximum absolute atomic E-state index is 12.0. The topological polar surface area (TPSA) is 38.0 Å². The maximum Gasteiger partial charge on any atom is 0.389 e. The van der Waals surface area contributed by atoms with Crippen LogP contribution in [-0.2, 0) is 0 Å². The summed E-state index contributed by atoms with van der Waals surface area (Å²) in [5, 5.41) is 0. The van der Waals surface area contributed by atoms with E-state index in [2.05, 4.69) is 5.43 Å². The molecule has 3 atom stereocenters. The molecule has 0 aromatic heterocycles. The van der Waals surface area contributed by atoms with Crippen LogP contribution in [0.1, 0.15) is 38.5 Å². The van der Waals surface area contributed by atoms with Gasteiger partial charge in [-0.3, -0.25) is 11.3 Å². The molecule has 0 radical (unpaired) electrons. The van der Waals surface area contributed by atoms with Gasteiger partial charge in [0.15, 0.2) is 0 Å². The number of hydrogen-bond donors (Lipinski definition) is 2. The van der Waals surface area contributed by atoms with Crippen molar-refractivity contribution in [2.45, 2.75) is 50.7 Å². The third kappa shape index (κ3) is 2.69. The number of hydrazine groups is 1. The predicted molar refractivity (Wildman–Crippen MR) is 55.3 cm³/mol. The number of nitrogens with two attached hydrogens (primary N) is 1. The Bertz CT molecular complexity index is 232. The van der Waals surface area contributed by atoms with Gasteiger partial charge in [0.25, 0.3) is 0 Å². The molecule has 2 nitrogen and oxygen atoms in total. The Morgan fingerprint density at radius 2 is 1.88 bits per heavy atom. The lowest BCUT2D eigenvalue weighted by Crippen LogP contribution is -2.38. The van der Waals surface area contributed by atoms with Gasteiger partial charge in [0.05, 0.1) is 0 Å². The van der Waals surface area contributed by atoms with Gasteiger partial charge in [-0.15, -0.1) is 0 Å². The lowest BCUT2D eigenvalue weighted by Gasteiger charge is -2.18. The Morgan fingerprint density at radius 1 is 1.25 bits per heavy atom. The van der Waals surface area contributed by atoms with E-state index in [-0.39, 0.29) is 12.5 Å². The van der Waals surface area contributed by atoms with Gasteiger partial charge in [-0.2, -0.15) is 13.2 Å². The van der Waals surface area contributed by atoms with Crippen LogP contribution in [0.3, 0.4) is 0 Å². The highest BCUT2D eigenvalue weighted by Crippen LogP contribution is 2.59. The molecule has 2 aliphatic rings. The fourth-order valence-electron chi connectivity index (χ4n) is 3.38. The van der Waals surface area contributed by atoms with Gasteiger partial charge >= 0.3 is 6.18 Å². The first-order chi connectivity index (χ1) is 7.53. The quantitative estimate of drug-likeness (QED) is 0.569. The molecule has 2 aliphatic carbocycles. The molecular formula is C11H19F3N2. The summed E-state index contributed by atoms with van der Waals surface area (Å²) in [6.45, 7) is 0. The Hall–Kier alpha value is -0.290. The smallest absolute Gasteiger partial charge is 0.271 e. The Labute approximate surface area is 93.7 Å². The number of rotatable bonds is 5. The number of alkyl halides is 3. The van der Waals surface area contributed by atoms with Crippen LogP contribution in [0.4, 0.5) is 13.2 Å². The molecule has 0 aromatic rings. The molecule has 3 unspecified atom stereocenters. The predicted octanol–water partition coefficient (Wildman–Crippen LogP) is 2.60. The first kappa shape index (κ1) is 12.2. The van der Waals surface area contributed by atoms with Crippen molar-refractivity contribution in [2.75, 3.05) is 0 Å². The normalized spacial score (nSPS) is 34.9. The zero-order valence-corrected chi connectivity index (χ0v) is 9.26. The monoisotopic (exact) mass is 236 g/mol. The van der Waals surface area contributed by atoms with Gasteiger partial charge in [-0.1, -0.05) is 6.42 Å². The summed E-state index contributed by atoms with van der Waals surface area (Å²) in [4.78, 5) is 0. The lowest BCUT2D eigenvalue weighted by molar-refractivity contribution is -0.135. The molecule has 3 N–H and O–H groups in total. The van der Waals surface area contributed by atoms with E-state index in [4.69, 9.17) is 5.84 Å². The van der Waals surface area contributed by atoms with Crippen LogP contribution in [0.25, 0.3) is 0 Å². The van der Waals surface area contributed by atoms with Crippen molar-refractivity contribution >= 4 is 0 Å². The zero-order valence-electron chi connectivity index (χ0n) is 9.26. The maximum atomic E-state index is 12.0. The molecule has 0 aromatic carbocycles. The fourth-order valence-corrected chi connectivity index (χ4v) is 3.38. The van der Waals surface area contributed by atoms with Gasteiger partial charge in [-0.25, -0.2) is 0 Å². The van der Waals surface area contributed by atoms with E-state index in [1.165, 1.54) is 19.3 Å². The second-order valence-corrected chi connectivity index (χ2v) is 5.12. The molecule has 0 aliphatic heterocycles. The van der Waals surface area contributed by atoms with Gasteiger partial charge in [-0.05, 0) is 43.4 Å². The molecule has 16 heavy (non-hydrogen) atoms. The van der Waals surface area contributed by atoms with E-state index >= 15 is 0 Å². The first-order valence-corrected chi connectivity index (χ1v) is 6.06. The van der Waals surface area contributed by atoms with E-state index in [1.54, 1.807) is 0 Å². The molecule has 0 heterocycles. The summed E-state index contributed by atoms with van der Waals surface area (Å²) >= 11 is 0. The van der Waals surface area contributed by atoms with Crippen LogP contribution < -0.4 is 11.3 Å². The molecule has 0 spiro atoms. The van der Waals surface area contributed by atoms with Crippen LogP contribution in [0.5, 0.6) is 0 Å². The van der Waals surface area contributed by atoms with E-state index in [9.17, 15) is 13.2 Å². The van der Waals surface area contributed by atoms with Crippen molar-refractivity contribution in [2.24, 2.45) is 23.6 Å². The third-order valence-electron chi connectivity index (χ3n) is 4.13. The molecule has 0 saturated heterocycles. The summed E-state index contributed by atoms with van der Waals surface area (Å²) in [5.74, 6) is 7.47. The average Bonchev–Trinajstić information content (AvgIpc) is 2.68. The second-order valence-electron chi connectivity index (χ2n) is 5.12. The molecular weight excluding hydrogens is 217 g/mol. The minimum atomic E-state index is -4.03. The fraction of sp³-hybridized carbons (Fsp3) is 1.00. The highest BCUT2D eigenvalue weighted by Gasteiger charge is 2.55. The van der Waals surface area contributed by atoms with Crippen molar-refractivity contribution < 1.29 is 13.2 Å². The van der Waals surface area contributed by atoms with E-state index < -0.39 is 12.6 Å². The molecule has 94 valence electrons. The van der Waals surface area contributed by atoms with Crippen LogP contribution >= 0.6 is 0 Å². The third-order valence-corrected chi connectivity index (χ3v) is 4.13.